The minimum atomic E-state index is -0.186. The summed E-state index contributed by atoms with van der Waals surface area (Å²) in [6.07, 6.45) is 1.82. The van der Waals surface area contributed by atoms with Crippen molar-refractivity contribution in [3.05, 3.63) is 40.5 Å². The van der Waals surface area contributed by atoms with Crippen molar-refractivity contribution in [3.63, 3.8) is 0 Å². The lowest BCUT2D eigenvalue weighted by Gasteiger charge is -2.41. The van der Waals surface area contributed by atoms with Gasteiger partial charge >= 0.3 is 0 Å². The number of allylic oxidation sites excluding steroid dienone is 1. The number of Topliss-reactive ketones (excluding diaryl/α,β-unsaturated/α-hetero) is 1. The molecule has 1 fully saturated rings. The fourth-order valence-corrected chi connectivity index (χ4v) is 3.72. The molecule has 142 valence electrons. The summed E-state index contributed by atoms with van der Waals surface area (Å²) in [5.41, 5.74) is 2.91. The summed E-state index contributed by atoms with van der Waals surface area (Å²) < 4.78 is 5.61. The van der Waals surface area contributed by atoms with Crippen LogP contribution < -0.4 is 0 Å². The molecule has 1 aliphatic carbocycles. The molecule has 0 N–H and O–H groups in total. The Balaban J connectivity index is 2.06. The summed E-state index contributed by atoms with van der Waals surface area (Å²) in [6.45, 7) is 3.48. The van der Waals surface area contributed by atoms with E-state index in [2.05, 4.69) is 17.9 Å². The Morgan fingerprint density at radius 1 is 1.30 bits per heavy atom. The first kappa shape index (κ1) is 19.1. The van der Waals surface area contributed by atoms with Crippen molar-refractivity contribution in [1.29, 1.82) is 5.26 Å². The highest BCUT2D eigenvalue weighted by Gasteiger charge is 2.35. The first-order valence-corrected chi connectivity index (χ1v) is 9.12. The van der Waals surface area contributed by atoms with E-state index in [-0.39, 0.29) is 29.3 Å². The van der Waals surface area contributed by atoms with Gasteiger partial charge in [0.25, 0.3) is 5.91 Å². The first-order valence-electron chi connectivity index (χ1n) is 9.12. The van der Waals surface area contributed by atoms with Crippen LogP contribution in [0.3, 0.4) is 0 Å². The Kier molecular flexibility index (Phi) is 5.07. The van der Waals surface area contributed by atoms with Gasteiger partial charge in [-0.3, -0.25) is 9.59 Å². The van der Waals surface area contributed by atoms with Crippen molar-refractivity contribution in [2.24, 2.45) is 0 Å². The maximum absolute atomic E-state index is 12.5. The van der Waals surface area contributed by atoms with Crippen LogP contribution in [0.5, 0.6) is 0 Å². The fourth-order valence-electron chi connectivity index (χ4n) is 3.72. The second-order valence-electron chi connectivity index (χ2n) is 7.65. The lowest BCUT2D eigenvalue weighted by molar-refractivity contribution is -0.114. The predicted octanol–water partition coefficient (Wildman–Crippen LogP) is 2.25. The van der Waals surface area contributed by atoms with E-state index in [1.165, 1.54) is 4.90 Å². The van der Waals surface area contributed by atoms with E-state index < -0.39 is 0 Å². The molecule has 6 nitrogen and oxygen atoms in total. The van der Waals surface area contributed by atoms with E-state index in [9.17, 15) is 14.9 Å². The van der Waals surface area contributed by atoms with Gasteiger partial charge in [-0.2, -0.15) is 5.26 Å². The van der Waals surface area contributed by atoms with Gasteiger partial charge in [-0.15, -0.1) is 0 Å². The molecule has 0 unspecified atom stereocenters. The normalized spacial score (nSPS) is 18.8. The van der Waals surface area contributed by atoms with Crippen molar-refractivity contribution < 1.29 is 14.3 Å². The number of rotatable bonds is 3. The minimum Gasteiger partial charge on any atom is -0.378 e. The zero-order valence-electron chi connectivity index (χ0n) is 16.3. The number of piperidine rings is 1. The molecule has 0 bridgehead atoms. The van der Waals surface area contributed by atoms with Crippen LogP contribution in [-0.2, 0) is 16.0 Å². The Bertz CT molecular complexity index is 856. The maximum Gasteiger partial charge on any atom is 0.253 e. The van der Waals surface area contributed by atoms with Crippen LogP contribution in [0.1, 0.15) is 41.3 Å². The molecule has 0 atom stereocenters. The quantitative estimate of drug-likeness (QED) is 0.819. The number of carbonyl (C=O) groups is 2. The lowest BCUT2D eigenvalue weighted by Crippen LogP contribution is -2.43. The van der Waals surface area contributed by atoms with E-state index >= 15 is 0 Å². The smallest absolute Gasteiger partial charge is 0.253 e. The number of likely N-dealkylation sites (tertiary alicyclic amines) is 1. The van der Waals surface area contributed by atoms with Crippen LogP contribution in [0.15, 0.2) is 23.8 Å². The largest absolute Gasteiger partial charge is 0.378 e. The second kappa shape index (κ2) is 7.16. The molecule has 0 spiro atoms. The van der Waals surface area contributed by atoms with Crippen molar-refractivity contribution in [1.82, 2.24) is 9.80 Å². The number of benzene rings is 1. The number of amides is 1. The highest BCUT2D eigenvalue weighted by molar-refractivity contribution is 6.10. The summed E-state index contributed by atoms with van der Waals surface area (Å²) in [7, 11) is 5.13. The summed E-state index contributed by atoms with van der Waals surface area (Å²) >= 11 is 0. The van der Waals surface area contributed by atoms with Gasteiger partial charge in [0, 0.05) is 51.8 Å². The van der Waals surface area contributed by atoms with Crippen LogP contribution >= 0.6 is 0 Å². The van der Waals surface area contributed by atoms with E-state index in [0.717, 1.165) is 24.0 Å². The summed E-state index contributed by atoms with van der Waals surface area (Å²) in [5.74, 6) is -0.259. The summed E-state index contributed by atoms with van der Waals surface area (Å²) in [4.78, 5) is 28.6. The zero-order valence-corrected chi connectivity index (χ0v) is 16.3. The van der Waals surface area contributed by atoms with Crippen LogP contribution in [0.25, 0.3) is 5.70 Å². The van der Waals surface area contributed by atoms with Gasteiger partial charge in [0.15, 0.2) is 5.78 Å². The average Bonchev–Trinajstić information content (AvgIpc) is 2.66. The third-order valence-corrected chi connectivity index (χ3v) is 5.63. The van der Waals surface area contributed by atoms with Crippen molar-refractivity contribution in [2.45, 2.75) is 31.8 Å². The molecule has 6 heteroatoms. The third kappa shape index (κ3) is 3.47. The molecule has 1 aliphatic heterocycles. The van der Waals surface area contributed by atoms with E-state index in [1.54, 1.807) is 27.3 Å². The molecule has 2 aliphatic rings. The summed E-state index contributed by atoms with van der Waals surface area (Å²) in [5, 5.41) is 9.65. The molecular formula is C21H25N3O3. The van der Waals surface area contributed by atoms with E-state index in [0.29, 0.717) is 24.4 Å². The number of nitriles is 1. The Labute approximate surface area is 160 Å². The molecule has 0 aromatic heterocycles. The maximum atomic E-state index is 12.5. The van der Waals surface area contributed by atoms with Gasteiger partial charge < -0.3 is 14.5 Å². The molecule has 1 heterocycles. The van der Waals surface area contributed by atoms with Crippen molar-refractivity contribution in [3.8, 4) is 6.07 Å². The second-order valence-corrected chi connectivity index (χ2v) is 7.65. The van der Waals surface area contributed by atoms with Gasteiger partial charge in [-0.05, 0) is 37.5 Å². The van der Waals surface area contributed by atoms with Gasteiger partial charge in [-0.1, -0.05) is 6.07 Å². The molecule has 3 rings (SSSR count). The number of hydrogen-bond acceptors (Lipinski definition) is 5. The first-order chi connectivity index (χ1) is 12.8. The number of ketones is 1. The topological polar surface area (TPSA) is 73.6 Å². The number of fused-ring (bicyclic) bond motifs is 1. The zero-order chi connectivity index (χ0) is 19.8. The third-order valence-electron chi connectivity index (χ3n) is 5.63. The number of nitrogens with zero attached hydrogens (tertiary/aromatic N) is 3. The highest BCUT2D eigenvalue weighted by atomic mass is 16.5. The van der Waals surface area contributed by atoms with Crippen molar-refractivity contribution >= 4 is 17.4 Å². The predicted molar refractivity (Wildman–Crippen MR) is 102 cm³/mol. The molecule has 1 amide bonds. The lowest BCUT2D eigenvalue weighted by atomic mass is 9.85. The molecule has 27 heavy (non-hydrogen) atoms. The monoisotopic (exact) mass is 367 g/mol. The van der Waals surface area contributed by atoms with Crippen LogP contribution in [0, 0.1) is 11.3 Å². The van der Waals surface area contributed by atoms with E-state index in [4.69, 9.17) is 4.74 Å². The van der Waals surface area contributed by atoms with Crippen molar-refractivity contribution in [2.75, 3.05) is 34.3 Å². The highest BCUT2D eigenvalue weighted by Crippen LogP contribution is 2.36. The van der Waals surface area contributed by atoms with Crippen LogP contribution in [-0.4, -0.2) is 61.4 Å². The molecular weight excluding hydrogens is 342 g/mol. The van der Waals surface area contributed by atoms with Gasteiger partial charge in [0.05, 0.1) is 11.3 Å². The Hall–Kier alpha value is -2.65. The van der Waals surface area contributed by atoms with Crippen LogP contribution in [0.4, 0.5) is 0 Å². The number of hydrogen-bond donors (Lipinski definition) is 0. The van der Waals surface area contributed by atoms with Crippen LogP contribution in [0.2, 0.25) is 0 Å². The van der Waals surface area contributed by atoms with Gasteiger partial charge in [0.1, 0.15) is 11.6 Å². The molecule has 1 saturated heterocycles. The number of carbonyl (C=O) groups excluding carboxylic acids is 2. The SMILES string of the molecule is COC1(C)CCN(C2=C(C#N)C(=O)Cc3ccc(C(=O)N(C)C)cc32)CC1. The molecule has 1 aromatic rings. The summed E-state index contributed by atoms with van der Waals surface area (Å²) in [6, 6.07) is 7.52. The molecule has 0 radical (unpaired) electrons. The van der Waals surface area contributed by atoms with E-state index in [1.807, 2.05) is 12.1 Å². The fraction of sp³-hybridized carbons (Fsp3) is 0.476. The number of methoxy groups -OCH3 is 1. The molecule has 0 saturated carbocycles. The van der Waals surface area contributed by atoms with Gasteiger partial charge in [-0.25, -0.2) is 0 Å². The average molecular weight is 367 g/mol. The van der Waals surface area contributed by atoms with Gasteiger partial charge in [0.2, 0.25) is 0 Å². The Morgan fingerprint density at radius 3 is 2.52 bits per heavy atom. The minimum absolute atomic E-state index is 0.0989. The number of ether oxygens (including phenoxy) is 1. The standard InChI is InChI=1S/C21H25N3O3/c1-21(27-4)7-9-24(10-8-21)19-16-11-15(20(26)23(2)3)6-5-14(16)12-18(25)17(19)13-22/h5-6,11H,7-10,12H2,1-4H3. The molecule has 1 aromatic carbocycles. The Morgan fingerprint density at radius 2 is 1.96 bits per heavy atom.